The van der Waals surface area contributed by atoms with Crippen LogP contribution in [0.5, 0.6) is 0 Å². The molecule has 4 bridgehead atoms. The van der Waals surface area contributed by atoms with Gasteiger partial charge in [-0.15, -0.1) is 0 Å². The maximum atomic E-state index is 15.7. The first-order valence-corrected chi connectivity index (χ1v) is 32.3. The standard InChI is InChI=1S/C38H46FN3O5.C33H38FN3O3/c1-36(2,3)47-35(44)42-21-25-8-10-37(42,11-9-25)34(43)17-26(20-40)16-29-6-4-28(19-33(29)39)27-5-7-30-22-46-38(32(30)18-27)12-14-41(15-13-38)31-23-45-24-31;34-30-16-25(1-3-26(30)13-23(17-35)14-31(38)32-7-5-22(6-8-32)18-36-32)24-2-4-27-19-40-33(29(27)15-24)9-11-37(12-10-33)28-20-39-21-28/h4-7,18-19,25-26,31H,8-17,21-24H2,1-3H3;1-4,15-16,22-23,28,36H,5-14,18-21H2/t25?,26-,37?;22?,23-,32?/m11/s1. The second kappa shape index (κ2) is 24.1. The van der Waals surface area contributed by atoms with Crippen LogP contribution >= 0.6 is 0 Å². The molecule has 10 aliphatic heterocycles. The van der Waals surface area contributed by atoms with Gasteiger partial charge in [0, 0.05) is 45.6 Å². The third-order valence-corrected chi connectivity index (χ3v) is 21.9. The van der Waals surface area contributed by atoms with Crippen molar-refractivity contribution in [1.82, 2.24) is 20.0 Å². The van der Waals surface area contributed by atoms with Gasteiger partial charge >= 0.3 is 6.09 Å². The highest BCUT2D eigenvalue weighted by atomic mass is 19.1. The van der Waals surface area contributed by atoms with Crippen LogP contribution in [-0.2, 0) is 70.5 Å². The molecule has 2 atom stereocenters. The lowest BCUT2D eigenvalue weighted by Crippen LogP contribution is -2.65. The van der Waals surface area contributed by atoms with Gasteiger partial charge in [0.25, 0.3) is 0 Å². The number of benzene rings is 4. The lowest BCUT2D eigenvalue weighted by Gasteiger charge is -2.53. The van der Waals surface area contributed by atoms with Crippen LogP contribution in [0.3, 0.4) is 0 Å². The van der Waals surface area contributed by atoms with E-state index in [9.17, 15) is 24.9 Å². The van der Waals surface area contributed by atoms with Crippen molar-refractivity contribution < 1.29 is 46.8 Å². The topological polar surface area (TPSA) is 167 Å². The van der Waals surface area contributed by atoms with E-state index >= 15 is 8.78 Å². The van der Waals surface area contributed by atoms with Gasteiger partial charge in [0.1, 0.15) is 22.8 Å². The summed E-state index contributed by atoms with van der Waals surface area (Å²) < 4.78 is 60.4. The highest BCUT2D eigenvalue weighted by molar-refractivity contribution is 5.93. The number of nitrogens with one attached hydrogen (secondary N) is 1. The van der Waals surface area contributed by atoms with Crippen LogP contribution in [0, 0.1) is 58.0 Å². The van der Waals surface area contributed by atoms with Crippen molar-refractivity contribution >= 4 is 17.7 Å². The predicted molar refractivity (Wildman–Crippen MR) is 323 cm³/mol. The average Bonchev–Trinajstić information content (AvgIpc) is 2.19. The average molecular weight is 1190 g/mol. The molecule has 0 aromatic heterocycles. The van der Waals surface area contributed by atoms with Crippen LogP contribution in [0.1, 0.15) is 144 Å². The molecule has 87 heavy (non-hydrogen) atoms. The number of nitriles is 2. The van der Waals surface area contributed by atoms with Crippen LogP contribution in [0.2, 0.25) is 0 Å². The largest absolute Gasteiger partial charge is 0.444 e. The molecule has 1 amide bonds. The fourth-order valence-corrected chi connectivity index (χ4v) is 16.2. The maximum absolute atomic E-state index is 15.7. The zero-order chi connectivity index (χ0) is 60.3. The van der Waals surface area contributed by atoms with Gasteiger partial charge in [-0.3, -0.25) is 24.3 Å². The van der Waals surface area contributed by atoms with Crippen molar-refractivity contribution in [2.75, 3.05) is 65.7 Å². The zero-order valence-corrected chi connectivity index (χ0v) is 50.9. The Hall–Kier alpha value is -5.95. The fourth-order valence-electron chi connectivity index (χ4n) is 16.2. The Bertz CT molecular complexity index is 3330. The van der Waals surface area contributed by atoms with Gasteiger partial charge in [0.2, 0.25) is 0 Å². The minimum atomic E-state index is -0.953. The number of rotatable bonds is 14. The third kappa shape index (κ3) is 11.8. The van der Waals surface area contributed by atoms with Crippen LogP contribution in [0.25, 0.3) is 22.3 Å². The molecule has 16 rings (SSSR count). The molecule has 460 valence electrons. The lowest BCUT2D eigenvalue weighted by molar-refractivity contribution is -0.140. The Morgan fingerprint density at radius 2 is 1.07 bits per heavy atom. The number of carbonyl (C=O) groups excluding carboxylic acids is 3. The number of fused-ring (bicyclic) bond motifs is 10. The van der Waals surface area contributed by atoms with E-state index in [0.717, 1.165) is 146 Å². The van der Waals surface area contributed by atoms with E-state index in [1.54, 1.807) is 29.2 Å². The number of hydrogen-bond acceptors (Lipinski definition) is 13. The van der Waals surface area contributed by atoms with Gasteiger partial charge in [-0.2, -0.15) is 10.5 Å². The molecule has 16 heteroatoms. The molecule has 0 unspecified atom stereocenters. The highest BCUT2D eigenvalue weighted by Gasteiger charge is 2.55. The van der Waals surface area contributed by atoms with E-state index in [1.165, 1.54) is 22.3 Å². The Balaban J connectivity index is 0.000000163. The van der Waals surface area contributed by atoms with Crippen LogP contribution in [-0.4, -0.2) is 127 Å². The minimum Gasteiger partial charge on any atom is -0.444 e. The van der Waals surface area contributed by atoms with Crippen LogP contribution < -0.4 is 5.32 Å². The number of nitrogens with zero attached hydrogens (tertiary/aromatic N) is 5. The van der Waals surface area contributed by atoms with Crippen molar-refractivity contribution in [3.8, 4) is 34.4 Å². The van der Waals surface area contributed by atoms with E-state index in [-0.39, 0.29) is 60.1 Å². The summed E-state index contributed by atoms with van der Waals surface area (Å²) in [5, 5.41) is 23.4. The quantitative estimate of drug-likeness (QED) is 0.127. The molecule has 2 saturated carbocycles. The molecule has 10 heterocycles. The van der Waals surface area contributed by atoms with Gasteiger partial charge in [-0.1, -0.05) is 48.5 Å². The fraction of sp³-hybridized carbons (Fsp3) is 0.592. The summed E-state index contributed by atoms with van der Waals surface area (Å²) in [7, 11) is 0. The number of ketones is 2. The summed E-state index contributed by atoms with van der Waals surface area (Å²) in [6, 6.07) is 28.8. The van der Waals surface area contributed by atoms with Crippen LogP contribution in [0.4, 0.5) is 13.6 Å². The lowest BCUT2D eigenvalue weighted by atomic mass is 9.67. The van der Waals surface area contributed by atoms with Gasteiger partial charge in [0.15, 0.2) is 11.6 Å². The number of hydrogen-bond donors (Lipinski definition) is 1. The molecular formula is C71H84F2N6O8. The van der Waals surface area contributed by atoms with E-state index in [2.05, 4.69) is 57.6 Å². The van der Waals surface area contributed by atoms with Crippen LogP contribution in [0.15, 0.2) is 72.8 Å². The molecule has 2 aliphatic carbocycles. The molecule has 2 spiro atoms. The Kier molecular flexibility index (Phi) is 16.6. The molecule has 12 aliphatic rings. The number of halogens is 2. The summed E-state index contributed by atoms with van der Waals surface area (Å²) >= 11 is 0. The molecule has 14 nitrogen and oxygen atoms in total. The molecule has 0 radical (unpaired) electrons. The minimum absolute atomic E-state index is 0.0280. The third-order valence-electron chi connectivity index (χ3n) is 21.9. The highest BCUT2D eigenvalue weighted by Crippen LogP contribution is 2.49. The molecule has 10 fully saturated rings. The second-order valence-corrected chi connectivity index (χ2v) is 28.2. The zero-order valence-electron chi connectivity index (χ0n) is 50.9. The number of ether oxygens (including phenoxy) is 5. The van der Waals surface area contributed by atoms with Crippen molar-refractivity contribution in [3.63, 3.8) is 0 Å². The molecule has 8 saturated heterocycles. The van der Waals surface area contributed by atoms with E-state index in [4.69, 9.17) is 23.7 Å². The van der Waals surface area contributed by atoms with Crippen molar-refractivity contribution in [1.29, 1.82) is 10.5 Å². The Morgan fingerprint density at radius 3 is 1.48 bits per heavy atom. The normalized spacial score (nSPS) is 27.0. The number of amides is 1. The molecule has 1 N–H and O–H groups in total. The first kappa shape index (κ1) is 60.0. The first-order valence-electron chi connectivity index (χ1n) is 32.3. The maximum Gasteiger partial charge on any atom is 0.411 e. The van der Waals surface area contributed by atoms with E-state index in [1.807, 2.05) is 39.0 Å². The Labute approximate surface area is 511 Å². The van der Waals surface area contributed by atoms with E-state index in [0.29, 0.717) is 67.6 Å². The number of piperidine rings is 6. The molecular weight excluding hydrogens is 1100 g/mol. The second-order valence-electron chi connectivity index (χ2n) is 28.2. The number of Topliss-reactive ketones (excluding diaryl/α,β-unsaturated/α-hetero) is 2. The monoisotopic (exact) mass is 1190 g/mol. The smallest absolute Gasteiger partial charge is 0.411 e. The summed E-state index contributed by atoms with van der Waals surface area (Å²) in [4.78, 5) is 47.0. The van der Waals surface area contributed by atoms with Crippen molar-refractivity contribution in [3.05, 3.63) is 118 Å². The number of carbonyl (C=O) groups is 3. The van der Waals surface area contributed by atoms with Gasteiger partial charge in [-0.25, -0.2) is 13.6 Å². The number of likely N-dealkylation sites (tertiary alicyclic amines) is 2. The van der Waals surface area contributed by atoms with Crippen molar-refractivity contribution in [2.45, 2.75) is 177 Å². The first-order chi connectivity index (χ1) is 41.9. The van der Waals surface area contributed by atoms with E-state index < -0.39 is 34.6 Å². The SMILES string of the molecule is CC(C)(C)OC(=O)N1CC2CCC1(C(=O)C[C@H](C#N)Cc1ccc(-c3ccc4c(c3)C3(CCN(C5COC5)CC3)OC4)cc1F)CC2.N#C[C@@H](CC(=O)C12CCC(CC1)CN2)Cc1ccc(-c2ccc3c(c2)C2(CCN(C4COC4)CC2)OC3)cc1F. The van der Waals surface area contributed by atoms with Gasteiger partial charge < -0.3 is 29.0 Å². The molecule has 4 aromatic carbocycles. The summed E-state index contributed by atoms with van der Waals surface area (Å²) in [5.41, 5.74) is 6.65. The summed E-state index contributed by atoms with van der Waals surface area (Å²) in [6.45, 7) is 15.3. The Morgan fingerprint density at radius 1 is 0.621 bits per heavy atom. The van der Waals surface area contributed by atoms with Crippen molar-refractivity contribution in [2.24, 2.45) is 23.7 Å². The summed E-state index contributed by atoms with van der Waals surface area (Å²) in [6.07, 6.45) is 10.6. The van der Waals surface area contributed by atoms with Gasteiger partial charge in [-0.05, 0) is 209 Å². The molecule has 4 aromatic rings. The van der Waals surface area contributed by atoms with Gasteiger partial charge in [0.05, 0.1) is 92.4 Å². The summed E-state index contributed by atoms with van der Waals surface area (Å²) in [5.74, 6) is -0.892. The predicted octanol–water partition coefficient (Wildman–Crippen LogP) is 11.4.